The van der Waals surface area contributed by atoms with E-state index in [1.807, 2.05) is 12.1 Å². The Hall–Kier alpha value is -3.92. The van der Waals surface area contributed by atoms with Crippen LogP contribution in [0.25, 0.3) is 33.8 Å². The van der Waals surface area contributed by atoms with Crippen LogP contribution in [-0.4, -0.2) is 25.0 Å². The molecule has 0 unspecified atom stereocenters. The third-order valence-corrected chi connectivity index (χ3v) is 6.31. The molecule has 5 rings (SSSR count). The molecule has 44 heavy (non-hydrogen) atoms. The molecule has 13 heteroatoms. The monoisotopic (exact) mass is 791 g/mol. The molecule has 0 bridgehead atoms. The summed E-state index contributed by atoms with van der Waals surface area (Å²) >= 11 is 0. The van der Waals surface area contributed by atoms with Gasteiger partial charge in [0.05, 0.1) is 0 Å². The quantitative estimate of drug-likeness (QED) is 0.132. The number of halogens is 6. The van der Waals surface area contributed by atoms with Gasteiger partial charge in [-0.25, -0.2) is 0 Å². The van der Waals surface area contributed by atoms with Crippen LogP contribution in [0.2, 0.25) is 0 Å². The fraction of sp³-hybridized carbons (Fsp3) is 0.258. The zero-order valence-corrected chi connectivity index (χ0v) is 26.1. The number of pyridine rings is 2. The molecule has 0 fully saturated rings. The predicted molar refractivity (Wildman–Crippen MR) is 149 cm³/mol. The third kappa shape index (κ3) is 8.37. The first-order valence-electron chi connectivity index (χ1n) is 13.2. The second-order valence-corrected chi connectivity index (χ2v) is 10.1. The van der Waals surface area contributed by atoms with E-state index < -0.39 is 23.9 Å². The van der Waals surface area contributed by atoms with Gasteiger partial charge in [-0.15, -0.1) is 0 Å². The number of aromatic nitrogens is 6. The molecule has 0 aliphatic heterocycles. The predicted octanol–water partition coefficient (Wildman–Crippen LogP) is 8.39. The zero-order chi connectivity index (χ0) is 31.4. The number of nitrogens with zero attached hydrogens (tertiary/aromatic N) is 6. The summed E-state index contributed by atoms with van der Waals surface area (Å²) in [5.41, 5.74) is 4.86. The Bertz CT molecular complexity index is 1620. The summed E-state index contributed by atoms with van der Waals surface area (Å²) in [6, 6.07) is 15.9. The van der Waals surface area contributed by atoms with Gasteiger partial charge in [-0.05, 0) is 70.2 Å². The van der Waals surface area contributed by atoms with E-state index in [0.717, 1.165) is 23.4 Å². The molecule has 4 heterocycles. The van der Waals surface area contributed by atoms with Crippen LogP contribution in [0.1, 0.15) is 62.2 Å². The van der Waals surface area contributed by atoms with Crippen LogP contribution >= 0.6 is 0 Å². The van der Waals surface area contributed by atoms with Crippen LogP contribution in [-0.2, 0) is 33.4 Å². The van der Waals surface area contributed by atoms with Crippen LogP contribution in [0.4, 0.5) is 26.3 Å². The molecule has 4 aromatic heterocycles. The van der Waals surface area contributed by atoms with E-state index in [0.29, 0.717) is 28.8 Å². The summed E-state index contributed by atoms with van der Waals surface area (Å²) in [4.78, 5) is 14.9. The van der Waals surface area contributed by atoms with Gasteiger partial charge in [0.1, 0.15) is 11.5 Å². The Balaban J connectivity index is 0.000000279. The first-order chi connectivity index (χ1) is 20.3. The Labute approximate surface area is 264 Å². The molecule has 0 saturated carbocycles. The molecule has 5 aromatic rings. The van der Waals surface area contributed by atoms with Gasteiger partial charge < -0.3 is 25.1 Å². The van der Waals surface area contributed by atoms with Crippen LogP contribution < -0.4 is 5.10 Å². The summed E-state index contributed by atoms with van der Waals surface area (Å²) in [7, 11) is 0. The van der Waals surface area contributed by atoms with Crippen molar-refractivity contribution in [1.82, 2.24) is 30.1 Å². The first-order valence-corrected chi connectivity index (χ1v) is 13.2. The average molecular weight is 792 g/mol. The minimum Gasteiger partial charge on any atom is -0.573 e. The van der Waals surface area contributed by atoms with Gasteiger partial charge in [0, 0.05) is 18.1 Å². The Morgan fingerprint density at radius 2 is 1.39 bits per heavy atom. The zero-order valence-electron chi connectivity index (χ0n) is 23.9. The van der Waals surface area contributed by atoms with E-state index in [4.69, 9.17) is 0 Å². The maximum Gasteiger partial charge on any atom is 2.00 e. The fourth-order valence-electron chi connectivity index (χ4n) is 4.25. The Morgan fingerprint density at radius 1 is 0.727 bits per heavy atom. The van der Waals surface area contributed by atoms with Crippen molar-refractivity contribution in [3.8, 4) is 33.8 Å². The fourth-order valence-corrected chi connectivity index (χ4v) is 4.25. The van der Waals surface area contributed by atoms with E-state index in [2.05, 4.69) is 82.2 Å². The molecule has 0 aliphatic rings. The first kappa shape index (κ1) is 34.6. The number of alkyl halides is 6. The maximum atomic E-state index is 12.7. The summed E-state index contributed by atoms with van der Waals surface area (Å²) in [6.07, 6.45) is -2.39. The molecule has 0 aliphatic carbocycles. The van der Waals surface area contributed by atoms with E-state index >= 15 is 0 Å². The van der Waals surface area contributed by atoms with Crippen LogP contribution in [0.5, 0.6) is 0 Å². The van der Waals surface area contributed by atoms with Gasteiger partial charge in [-0.3, -0.25) is 4.98 Å². The van der Waals surface area contributed by atoms with Crippen molar-refractivity contribution in [3.05, 3.63) is 102 Å². The van der Waals surface area contributed by atoms with Crippen molar-refractivity contribution in [2.75, 3.05) is 0 Å². The van der Waals surface area contributed by atoms with Gasteiger partial charge >= 0.3 is 33.4 Å². The second-order valence-electron chi connectivity index (χ2n) is 10.1. The normalized spacial score (nSPS) is 11.6. The largest absolute Gasteiger partial charge is 2.00 e. The van der Waals surface area contributed by atoms with Gasteiger partial charge in [0.15, 0.2) is 0 Å². The van der Waals surface area contributed by atoms with Crippen molar-refractivity contribution >= 4 is 0 Å². The van der Waals surface area contributed by atoms with Gasteiger partial charge in [0.2, 0.25) is 0 Å². The van der Waals surface area contributed by atoms with Crippen LogP contribution in [0, 0.1) is 6.20 Å². The van der Waals surface area contributed by atoms with Crippen molar-refractivity contribution in [1.29, 1.82) is 0 Å². The molecule has 0 spiro atoms. The molecule has 0 N–H and O–H groups in total. The molecule has 232 valence electrons. The average Bonchev–Trinajstić information content (AvgIpc) is 3.49. The van der Waals surface area contributed by atoms with Gasteiger partial charge in [0.25, 0.3) is 0 Å². The summed E-state index contributed by atoms with van der Waals surface area (Å²) in [5.74, 6) is -0.558. The van der Waals surface area contributed by atoms with Crippen molar-refractivity contribution < 1.29 is 47.4 Å². The summed E-state index contributed by atoms with van der Waals surface area (Å²) < 4.78 is 74.6. The standard InChI is InChI=1S/C22H21F3N3.C9H5F3N3.Pt/c1-13(2)17-6-5-7-18(14(3)4)20(17)15-8-9-26-19(10-15)16-11-27-21(28-12-16)22(23,24)25;10-9(11,12)8-5-7(14-15-8)6-3-1-2-4-13-6;/h5-11,13-14H,1-4H3;1-5H;/q2*-1;+2. The van der Waals surface area contributed by atoms with Crippen LogP contribution in [0.3, 0.4) is 0 Å². The van der Waals surface area contributed by atoms with Crippen molar-refractivity contribution in [2.24, 2.45) is 0 Å². The number of hydrogen-bond acceptors (Lipinski definition) is 5. The number of benzene rings is 1. The van der Waals surface area contributed by atoms with Gasteiger partial charge in [-0.2, -0.15) is 26.3 Å². The molecule has 0 atom stereocenters. The van der Waals surface area contributed by atoms with Gasteiger partial charge in [-0.1, -0.05) is 75.5 Å². The molecular weight excluding hydrogens is 765 g/mol. The molecule has 6 nitrogen and oxygen atoms in total. The van der Waals surface area contributed by atoms with E-state index in [9.17, 15) is 26.3 Å². The van der Waals surface area contributed by atoms with Crippen molar-refractivity contribution in [3.63, 3.8) is 0 Å². The van der Waals surface area contributed by atoms with E-state index in [-0.39, 0.29) is 26.8 Å². The smallest absolute Gasteiger partial charge is 0.573 e. The third-order valence-electron chi connectivity index (χ3n) is 6.31. The van der Waals surface area contributed by atoms with E-state index in [1.165, 1.54) is 17.3 Å². The number of rotatable bonds is 5. The minimum absolute atomic E-state index is 0. The SMILES string of the molecule is CC(C)c1cccc(C(C)C)c1-c1ccnc(-c2[c-]nc(C(F)(F)F)nc2)c1.FC(F)(F)c1cc(-c2ccccn2)[n-]n1.[Pt+2]. The minimum atomic E-state index is -4.59. The summed E-state index contributed by atoms with van der Waals surface area (Å²) in [5, 5.41) is 6.47. The molecule has 0 saturated heterocycles. The maximum absolute atomic E-state index is 12.7. The molecule has 0 amide bonds. The molecule has 1 aromatic carbocycles. The molecular formula is C31H26F6N6Pt. The molecule has 0 radical (unpaired) electrons. The topological polar surface area (TPSA) is 78.5 Å². The van der Waals surface area contributed by atoms with E-state index in [1.54, 1.807) is 24.4 Å². The number of hydrogen-bond donors (Lipinski definition) is 0. The Kier molecular flexibility index (Phi) is 11.2. The Morgan fingerprint density at radius 3 is 1.89 bits per heavy atom. The summed E-state index contributed by atoms with van der Waals surface area (Å²) in [6.45, 7) is 8.57. The van der Waals surface area contributed by atoms with Crippen molar-refractivity contribution in [2.45, 2.75) is 51.9 Å². The van der Waals surface area contributed by atoms with Crippen LogP contribution in [0.15, 0.2) is 73.2 Å². The second kappa shape index (κ2) is 14.2.